The van der Waals surface area contributed by atoms with Crippen LogP contribution in [0.3, 0.4) is 0 Å². The van der Waals surface area contributed by atoms with Crippen molar-refractivity contribution in [1.82, 2.24) is 5.32 Å². The fraction of sp³-hybridized carbons (Fsp3) is 0.944. The summed E-state index contributed by atoms with van der Waals surface area (Å²) in [6.45, 7) is 2.62. The van der Waals surface area contributed by atoms with Crippen LogP contribution < -0.4 is 5.32 Å². The first kappa shape index (κ1) is 13.2. The van der Waals surface area contributed by atoms with Crippen molar-refractivity contribution in [1.29, 1.82) is 0 Å². The Balaban J connectivity index is 1.59. The highest BCUT2D eigenvalue weighted by Gasteiger charge is 2.53. The fourth-order valence-electron chi connectivity index (χ4n) is 6.58. The van der Waals surface area contributed by atoms with Crippen molar-refractivity contribution in [2.75, 3.05) is 0 Å². The zero-order chi connectivity index (χ0) is 13.7. The van der Waals surface area contributed by atoms with Gasteiger partial charge in [-0.3, -0.25) is 4.79 Å². The third-order valence-corrected chi connectivity index (χ3v) is 7.57. The van der Waals surface area contributed by atoms with Crippen LogP contribution >= 0.6 is 0 Å². The normalized spacial score (nSPS) is 51.5. The molecule has 1 heterocycles. The molecule has 2 heteroatoms. The molecule has 0 spiro atoms. The van der Waals surface area contributed by atoms with Crippen LogP contribution in [0.25, 0.3) is 0 Å². The maximum absolute atomic E-state index is 11.7. The summed E-state index contributed by atoms with van der Waals surface area (Å²) in [5, 5.41) is 3.30. The molecule has 4 fully saturated rings. The lowest BCUT2D eigenvalue weighted by molar-refractivity contribution is -0.130. The molecule has 0 radical (unpaired) electrons. The van der Waals surface area contributed by atoms with Crippen LogP contribution in [0.5, 0.6) is 0 Å². The lowest BCUT2D eigenvalue weighted by Crippen LogP contribution is -2.57. The summed E-state index contributed by atoms with van der Waals surface area (Å²) in [5.41, 5.74) is 0.633. The Bertz CT molecular complexity index is 406. The lowest BCUT2D eigenvalue weighted by atomic mass is 9.47. The summed E-state index contributed by atoms with van der Waals surface area (Å²) >= 11 is 0. The van der Waals surface area contributed by atoms with E-state index < -0.39 is 0 Å². The molecular weight excluding hydrogens is 246 g/mol. The Labute approximate surface area is 123 Å². The minimum Gasteiger partial charge on any atom is -0.353 e. The van der Waals surface area contributed by atoms with E-state index in [1.54, 1.807) is 0 Å². The van der Waals surface area contributed by atoms with Gasteiger partial charge in [0.1, 0.15) is 0 Å². The van der Waals surface area contributed by atoms with E-state index in [2.05, 4.69) is 12.2 Å². The molecule has 6 atom stereocenters. The number of hydrogen-bond acceptors (Lipinski definition) is 1. The van der Waals surface area contributed by atoms with E-state index in [0.717, 1.165) is 30.1 Å². The zero-order valence-electron chi connectivity index (χ0n) is 12.9. The average molecular weight is 275 g/mol. The number of fused-ring (bicyclic) bond motifs is 5. The monoisotopic (exact) mass is 275 g/mol. The van der Waals surface area contributed by atoms with Crippen molar-refractivity contribution >= 4 is 5.91 Å². The molecule has 1 aliphatic heterocycles. The molecule has 0 aromatic rings. The van der Waals surface area contributed by atoms with E-state index in [1.165, 1.54) is 57.8 Å². The molecule has 3 aliphatic carbocycles. The summed E-state index contributed by atoms with van der Waals surface area (Å²) in [6, 6.07) is 0.515. The highest BCUT2D eigenvalue weighted by Crippen LogP contribution is 2.60. The summed E-state index contributed by atoms with van der Waals surface area (Å²) in [6.07, 6.45) is 13.4. The topological polar surface area (TPSA) is 29.1 Å². The quantitative estimate of drug-likeness (QED) is 0.714. The summed E-state index contributed by atoms with van der Waals surface area (Å²) in [4.78, 5) is 11.7. The third-order valence-electron chi connectivity index (χ3n) is 7.57. The molecule has 4 aliphatic rings. The van der Waals surface area contributed by atoms with Gasteiger partial charge < -0.3 is 5.32 Å². The van der Waals surface area contributed by atoms with Crippen LogP contribution in [-0.2, 0) is 4.79 Å². The van der Waals surface area contributed by atoms with Crippen molar-refractivity contribution in [3.05, 3.63) is 0 Å². The van der Waals surface area contributed by atoms with Gasteiger partial charge in [0.15, 0.2) is 0 Å². The average Bonchev–Trinajstić information content (AvgIpc) is 2.45. The molecule has 0 bridgehead atoms. The largest absolute Gasteiger partial charge is 0.353 e. The fourth-order valence-corrected chi connectivity index (χ4v) is 6.58. The first-order valence-electron chi connectivity index (χ1n) is 8.98. The molecule has 1 N–H and O–H groups in total. The number of carbonyl (C=O) groups is 1. The number of amides is 1. The first-order valence-corrected chi connectivity index (χ1v) is 8.98. The van der Waals surface area contributed by atoms with Gasteiger partial charge in [-0.25, -0.2) is 0 Å². The Morgan fingerprint density at radius 1 is 1.00 bits per heavy atom. The number of rotatable bonds is 0. The Morgan fingerprint density at radius 2 is 1.90 bits per heavy atom. The van der Waals surface area contributed by atoms with Gasteiger partial charge in [-0.2, -0.15) is 0 Å². The summed E-state index contributed by atoms with van der Waals surface area (Å²) in [7, 11) is 0. The number of nitrogens with one attached hydrogen (secondary N) is 1. The highest BCUT2D eigenvalue weighted by atomic mass is 16.1. The molecule has 1 amide bonds. The SMILES string of the molecule is C[C@]12CCCC[C@@H]1CC[C@H]1[C@@H]3CCC(=O)N[C@H]3CC[C@@H]12. The molecule has 20 heavy (non-hydrogen) atoms. The van der Waals surface area contributed by atoms with Crippen molar-refractivity contribution < 1.29 is 4.79 Å². The molecule has 112 valence electrons. The highest BCUT2D eigenvalue weighted by molar-refractivity contribution is 5.77. The van der Waals surface area contributed by atoms with E-state index in [1.807, 2.05) is 0 Å². The van der Waals surface area contributed by atoms with Crippen LogP contribution in [0.15, 0.2) is 0 Å². The maximum atomic E-state index is 11.7. The Morgan fingerprint density at radius 3 is 2.80 bits per heavy atom. The molecule has 3 saturated carbocycles. The van der Waals surface area contributed by atoms with Gasteiger partial charge in [-0.05, 0) is 74.0 Å². The van der Waals surface area contributed by atoms with Crippen LogP contribution in [0, 0.1) is 29.1 Å². The second-order valence-corrected chi connectivity index (χ2v) is 8.25. The van der Waals surface area contributed by atoms with Crippen LogP contribution in [0.4, 0.5) is 0 Å². The van der Waals surface area contributed by atoms with Crippen LogP contribution in [0.1, 0.15) is 71.1 Å². The second kappa shape index (κ2) is 4.74. The molecule has 2 nitrogen and oxygen atoms in total. The minimum atomic E-state index is 0.308. The van der Waals surface area contributed by atoms with E-state index >= 15 is 0 Å². The molecule has 0 aromatic heterocycles. The minimum absolute atomic E-state index is 0.308. The first-order chi connectivity index (χ1) is 9.68. The zero-order valence-corrected chi connectivity index (χ0v) is 12.9. The second-order valence-electron chi connectivity index (χ2n) is 8.25. The van der Waals surface area contributed by atoms with E-state index in [0.29, 0.717) is 17.4 Å². The molecular formula is C18H29NO. The maximum Gasteiger partial charge on any atom is 0.220 e. The smallest absolute Gasteiger partial charge is 0.220 e. The van der Waals surface area contributed by atoms with Gasteiger partial charge in [0.2, 0.25) is 5.91 Å². The van der Waals surface area contributed by atoms with Gasteiger partial charge >= 0.3 is 0 Å². The summed E-state index contributed by atoms with van der Waals surface area (Å²) < 4.78 is 0. The molecule has 0 aromatic carbocycles. The van der Waals surface area contributed by atoms with E-state index in [-0.39, 0.29) is 0 Å². The van der Waals surface area contributed by atoms with E-state index in [9.17, 15) is 4.79 Å². The van der Waals surface area contributed by atoms with Crippen molar-refractivity contribution in [2.45, 2.75) is 77.2 Å². The molecule has 1 saturated heterocycles. The van der Waals surface area contributed by atoms with Crippen LogP contribution in [-0.4, -0.2) is 11.9 Å². The van der Waals surface area contributed by atoms with Crippen molar-refractivity contribution in [3.63, 3.8) is 0 Å². The van der Waals surface area contributed by atoms with Gasteiger partial charge in [-0.1, -0.05) is 19.8 Å². The molecule has 0 unspecified atom stereocenters. The van der Waals surface area contributed by atoms with Crippen molar-refractivity contribution in [3.8, 4) is 0 Å². The number of carbonyl (C=O) groups excluding carboxylic acids is 1. The number of hydrogen-bond donors (Lipinski definition) is 1. The van der Waals surface area contributed by atoms with E-state index in [4.69, 9.17) is 0 Å². The van der Waals surface area contributed by atoms with Gasteiger partial charge in [0, 0.05) is 12.5 Å². The Kier molecular flexibility index (Phi) is 3.12. The van der Waals surface area contributed by atoms with Gasteiger partial charge in [0.25, 0.3) is 0 Å². The predicted octanol–water partition coefficient (Wildman–Crippen LogP) is 3.90. The van der Waals surface area contributed by atoms with Crippen molar-refractivity contribution in [2.24, 2.45) is 29.1 Å². The molecule has 4 rings (SSSR count). The standard InChI is InChI=1S/C18H29NO/c1-18-11-3-2-4-12(18)5-6-13-14-7-10-17(20)19-16(14)9-8-15(13)18/h12-16H,2-11H2,1H3,(H,19,20)/t12-,13+,14+,15+,16+,18+/m1/s1. The lowest BCUT2D eigenvalue weighted by Gasteiger charge is -2.59. The predicted molar refractivity (Wildman–Crippen MR) is 80.2 cm³/mol. The van der Waals surface area contributed by atoms with Crippen LogP contribution in [0.2, 0.25) is 0 Å². The number of piperidine rings is 1. The summed E-state index contributed by atoms with van der Waals surface area (Å²) in [5.74, 6) is 3.98. The Hall–Kier alpha value is -0.530. The van der Waals surface area contributed by atoms with Gasteiger partial charge in [-0.15, -0.1) is 0 Å². The van der Waals surface area contributed by atoms with Gasteiger partial charge in [0.05, 0.1) is 0 Å². The third kappa shape index (κ3) is 1.86.